The molecule has 0 atom stereocenters. The maximum Gasteiger partial charge on any atom is 0.321 e. The number of amides is 3. The molecule has 1 fully saturated rings. The molecule has 1 heterocycles. The highest BCUT2D eigenvalue weighted by atomic mass is 19.1. The van der Waals surface area contributed by atoms with Crippen molar-refractivity contribution in [3.63, 3.8) is 0 Å². The molecule has 1 aromatic carbocycles. The molecular weight excluding hydrogens is 363 g/mol. The number of rotatable bonds is 7. The third-order valence-electron chi connectivity index (χ3n) is 4.84. The van der Waals surface area contributed by atoms with Gasteiger partial charge in [-0.05, 0) is 39.3 Å². The van der Waals surface area contributed by atoms with Crippen LogP contribution in [0.5, 0.6) is 5.75 Å². The highest BCUT2D eigenvalue weighted by molar-refractivity contribution is 5.91. The summed E-state index contributed by atoms with van der Waals surface area (Å²) in [6.45, 7) is 10.5. The summed E-state index contributed by atoms with van der Waals surface area (Å²) in [7, 11) is 0. The van der Waals surface area contributed by atoms with Crippen LogP contribution in [-0.2, 0) is 4.79 Å². The molecule has 1 N–H and O–H groups in total. The van der Waals surface area contributed by atoms with Crippen LogP contribution in [0.2, 0.25) is 0 Å². The number of carbonyl (C=O) groups is 2. The van der Waals surface area contributed by atoms with Crippen LogP contribution in [0.25, 0.3) is 0 Å². The molecule has 2 rings (SSSR count). The second kappa shape index (κ2) is 10.8. The minimum absolute atomic E-state index is 0.121. The summed E-state index contributed by atoms with van der Waals surface area (Å²) in [5.41, 5.74) is 0.450. The first-order chi connectivity index (χ1) is 13.5. The number of anilines is 1. The van der Waals surface area contributed by atoms with Crippen LogP contribution in [0, 0.1) is 5.82 Å². The van der Waals surface area contributed by atoms with Gasteiger partial charge in [0.25, 0.3) is 0 Å². The Bertz CT molecular complexity index is 667. The van der Waals surface area contributed by atoms with Crippen molar-refractivity contribution in [1.82, 2.24) is 14.7 Å². The maximum atomic E-state index is 13.4. The Morgan fingerprint density at radius 3 is 2.57 bits per heavy atom. The summed E-state index contributed by atoms with van der Waals surface area (Å²) in [5, 5.41) is 2.81. The van der Waals surface area contributed by atoms with E-state index in [-0.39, 0.29) is 11.9 Å². The van der Waals surface area contributed by atoms with Gasteiger partial charge >= 0.3 is 6.03 Å². The molecule has 156 valence electrons. The van der Waals surface area contributed by atoms with E-state index in [1.54, 1.807) is 11.8 Å². The van der Waals surface area contributed by atoms with Gasteiger partial charge in [0.1, 0.15) is 11.6 Å². The van der Waals surface area contributed by atoms with Crippen LogP contribution >= 0.6 is 0 Å². The highest BCUT2D eigenvalue weighted by Gasteiger charge is 2.22. The van der Waals surface area contributed by atoms with E-state index in [1.165, 1.54) is 18.2 Å². The number of likely N-dealkylation sites (N-methyl/N-ethyl adjacent to an activating group) is 1. The monoisotopic (exact) mass is 394 g/mol. The van der Waals surface area contributed by atoms with Crippen molar-refractivity contribution in [3.8, 4) is 5.75 Å². The Morgan fingerprint density at radius 2 is 1.89 bits per heavy atom. The van der Waals surface area contributed by atoms with Crippen molar-refractivity contribution >= 4 is 17.6 Å². The summed E-state index contributed by atoms with van der Waals surface area (Å²) >= 11 is 0. The van der Waals surface area contributed by atoms with Crippen LogP contribution in [0.15, 0.2) is 18.2 Å². The SMILES string of the molecule is CCOc1cc(F)ccc1NC(=O)N1CCCN(CC(=O)N(CC)CC)CC1. The lowest BCUT2D eigenvalue weighted by molar-refractivity contribution is -0.132. The standard InChI is InChI=1S/C20H31FN4O3/c1-4-24(5-2)19(26)15-23-10-7-11-25(13-12-23)20(27)22-17-9-8-16(21)14-18(17)28-6-3/h8-9,14H,4-7,10-13,15H2,1-3H3,(H,22,27). The lowest BCUT2D eigenvalue weighted by atomic mass is 10.3. The summed E-state index contributed by atoms with van der Waals surface area (Å²) < 4.78 is 18.8. The van der Waals surface area contributed by atoms with Gasteiger partial charge in [-0.25, -0.2) is 9.18 Å². The number of halogens is 1. The Balaban J connectivity index is 1.93. The average Bonchev–Trinajstić information content (AvgIpc) is 2.91. The number of carbonyl (C=O) groups excluding carboxylic acids is 2. The zero-order chi connectivity index (χ0) is 20.5. The Hall–Kier alpha value is -2.35. The first kappa shape index (κ1) is 21.9. The number of hydrogen-bond acceptors (Lipinski definition) is 4. The van der Waals surface area contributed by atoms with Gasteiger partial charge in [0.05, 0.1) is 18.8 Å². The molecule has 8 heteroatoms. The minimum Gasteiger partial charge on any atom is -0.492 e. The number of ether oxygens (including phenoxy) is 1. The van der Waals surface area contributed by atoms with E-state index in [9.17, 15) is 14.0 Å². The van der Waals surface area contributed by atoms with E-state index in [2.05, 4.69) is 10.2 Å². The van der Waals surface area contributed by atoms with Crippen molar-refractivity contribution in [3.05, 3.63) is 24.0 Å². The molecular formula is C20H31FN4O3. The first-order valence-corrected chi connectivity index (χ1v) is 9.96. The maximum absolute atomic E-state index is 13.4. The second-order valence-electron chi connectivity index (χ2n) is 6.69. The van der Waals surface area contributed by atoms with Gasteiger partial charge in [-0.3, -0.25) is 9.69 Å². The van der Waals surface area contributed by atoms with Gasteiger partial charge in [-0.1, -0.05) is 0 Å². The molecule has 0 aromatic heterocycles. The molecule has 0 radical (unpaired) electrons. The van der Waals surface area contributed by atoms with Crippen LogP contribution < -0.4 is 10.1 Å². The van der Waals surface area contributed by atoms with Crippen LogP contribution in [0.4, 0.5) is 14.9 Å². The van der Waals surface area contributed by atoms with Gasteiger partial charge in [0.15, 0.2) is 0 Å². The Kier molecular flexibility index (Phi) is 8.50. The number of nitrogens with one attached hydrogen (secondary N) is 1. The predicted octanol–water partition coefficient (Wildman–Crippen LogP) is 2.63. The molecule has 0 unspecified atom stereocenters. The molecule has 28 heavy (non-hydrogen) atoms. The fourth-order valence-corrected chi connectivity index (χ4v) is 3.27. The second-order valence-corrected chi connectivity index (χ2v) is 6.69. The Labute approximate surface area is 166 Å². The molecule has 7 nitrogen and oxygen atoms in total. The molecule has 0 aliphatic carbocycles. The smallest absolute Gasteiger partial charge is 0.321 e. The van der Waals surface area contributed by atoms with E-state index in [1.807, 2.05) is 18.7 Å². The summed E-state index contributed by atoms with van der Waals surface area (Å²) in [4.78, 5) is 30.6. The average molecular weight is 394 g/mol. The largest absolute Gasteiger partial charge is 0.492 e. The molecule has 1 aliphatic heterocycles. The summed E-state index contributed by atoms with van der Waals surface area (Å²) in [6.07, 6.45) is 0.792. The van der Waals surface area contributed by atoms with Crippen molar-refractivity contribution < 1.29 is 18.7 Å². The lowest BCUT2D eigenvalue weighted by Crippen LogP contribution is -2.42. The van der Waals surface area contributed by atoms with Gasteiger partial charge < -0.3 is 19.9 Å². The molecule has 1 aromatic rings. The number of urea groups is 1. The molecule has 0 saturated carbocycles. The fourth-order valence-electron chi connectivity index (χ4n) is 3.27. The molecule has 1 saturated heterocycles. The fraction of sp³-hybridized carbons (Fsp3) is 0.600. The molecule has 0 spiro atoms. The van der Waals surface area contributed by atoms with Gasteiger partial charge in [-0.15, -0.1) is 0 Å². The highest BCUT2D eigenvalue weighted by Crippen LogP contribution is 2.26. The van der Waals surface area contributed by atoms with Crippen LogP contribution in [0.3, 0.4) is 0 Å². The first-order valence-electron chi connectivity index (χ1n) is 9.96. The third kappa shape index (κ3) is 6.09. The van der Waals surface area contributed by atoms with E-state index in [0.717, 1.165) is 13.0 Å². The van der Waals surface area contributed by atoms with Crippen molar-refractivity contribution in [2.24, 2.45) is 0 Å². The van der Waals surface area contributed by atoms with Crippen molar-refractivity contribution in [2.75, 3.05) is 57.7 Å². The number of benzene rings is 1. The van der Waals surface area contributed by atoms with Gasteiger partial charge in [0.2, 0.25) is 5.91 Å². The van der Waals surface area contributed by atoms with Crippen molar-refractivity contribution in [2.45, 2.75) is 27.2 Å². The van der Waals surface area contributed by atoms with Gasteiger partial charge in [-0.2, -0.15) is 0 Å². The topological polar surface area (TPSA) is 65.1 Å². The van der Waals surface area contributed by atoms with E-state index >= 15 is 0 Å². The summed E-state index contributed by atoms with van der Waals surface area (Å²) in [6, 6.07) is 3.82. The van der Waals surface area contributed by atoms with E-state index in [4.69, 9.17) is 4.74 Å². The molecule has 3 amide bonds. The molecule has 0 bridgehead atoms. The zero-order valence-corrected chi connectivity index (χ0v) is 17.0. The van der Waals surface area contributed by atoms with Gasteiger partial charge in [0, 0.05) is 45.3 Å². The zero-order valence-electron chi connectivity index (χ0n) is 17.0. The van der Waals surface area contributed by atoms with E-state index in [0.29, 0.717) is 57.3 Å². The lowest BCUT2D eigenvalue weighted by Gasteiger charge is -2.25. The normalized spacial score (nSPS) is 15.1. The van der Waals surface area contributed by atoms with Crippen molar-refractivity contribution in [1.29, 1.82) is 0 Å². The Morgan fingerprint density at radius 1 is 1.14 bits per heavy atom. The predicted molar refractivity (Wildman–Crippen MR) is 107 cm³/mol. The van der Waals surface area contributed by atoms with Crippen LogP contribution in [-0.4, -0.2) is 79.1 Å². The number of nitrogens with zero attached hydrogens (tertiary/aromatic N) is 3. The minimum atomic E-state index is -0.412. The van der Waals surface area contributed by atoms with Crippen LogP contribution in [0.1, 0.15) is 27.2 Å². The van der Waals surface area contributed by atoms with E-state index < -0.39 is 5.82 Å². The third-order valence-corrected chi connectivity index (χ3v) is 4.84. The molecule has 1 aliphatic rings. The summed E-state index contributed by atoms with van der Waals surface area (Å²) in [5.74, 6) is 0.0254. The quantitative estimate of drug-likeness (QED) is 0.772. The number of hydrogen-bond donors (Lipinski definition) is 1.